The molecule has 1 aliphatic rings. The van der Waals surface area contributed by atoms with Crippen LogP contribution in [0.4, 0.5) is 0 Å². The first-order valence-corrected chi connectivity index (χ1v) is 7.35. The standard InChI is InChI=1S/C19H18O2/c20-19(21)12-7-14-5-8-16(9-6-14)18-11-10-15-3-1-2-4-17(15)13-18/h5-13H,1-4H2,(H,20,21)/b12-7+. The summed E-state index contributed by atoms with van der Waals surface area (Å²) in [7, 11) is 0. The largest absolute Gasteiger partial charge is 0.478 e. The summed E-state index contributed by atoms with van der Waals surface area (Å²) in [5, 5.41) is 8.63. The van der Waals surface area contributed by atoms with Gasteiger partial charge in [0.25, 0.3) is 0 Å². The summed E-state index contributed by atoms with van der Waals surface area (Å²) in [5.74, 6) is -0.922. The molecular formula is C19H18O2. The highest BCUT2D eigenvalue weighted by Gasteiger charge is 2.09. The molecule has 0 amide bonds. The Hall–Kier alpha value is -2.35. The molecule has 1 aliphatic carbocycles. The van der Waals surface area contributed by atoms with Crippen LogP contribution in [-0.4, -0.2) is 11.1 Å². The third kappa shape index (κ3) is 3.22. The maximum absolute atomic E-state index is 10.5. The van der Waals surface area contributed by atoms with Crippen LogP contribution in [0.3, 0.4) is 0 Å². The molecule has 2 heteroatoms. The predicted octanol–water partition coefficient (Wildman–Crippen LogP) is 4.33. The SMILES string of the molecule is O=C(O)/C=C/c1ccc(-c2ccc3c(c2)CCCC3)cc1. The van der Waals surface area contributed by atoms with E-state index in [1.807, 2.05) is 24.3 Å². The number of rotatable bonds is 3. The molecule has 0 bridgehead atoms. The minimum atomic E-state index is -0.922. The first kappa shape index (κ1) is 13.6. The molecule has 0 saturated heterocycles. The molecule has 2 aromatic carbocycles. The minimum Gasteiger partial charge on any atom is -0.478 e. The van der Waals surface area contributed by atoms with Gasteiger partial charge in [0.1, 0.15) is 0 Å². The van der Waals surface area contributed by atoms with Crippen molar-refractivity contribution < 1.29 is 9.90 Å². The van der Waals surface area contributed by atoms with Crippen LogP contribution in [0.15, 0.2) is 48.5 Å². The molecule has 0 saturated carbocycles. The van der Waals surface area contributed by atoms with Crippen molar-refractivity contribution in [2.24, 2.45) is 0 Å². The van der Waals surface area contributed by atoms with E-state index >= 15 is 0 Å². The van der Waals surface area contributed by atoms with Gasteiger partial charge in [-0.15, -0.1) is 0 Å². The zero-order chi connectivity index (χ0) is 14.7. The van der Waals surface area contributed by atoms with E-state index in [0.29, 0.717) is 0 Å². The second-order valence-electron chi connectivity index (χ2n) is 5.48. The highest BCUT2D eigenvalue weighted by Crippen LogP contribution is 2.27. The number of benzene rings is 2. The van der Waals surface area contributed by atoms with Crippen LogP contribution in [-0.2, 0) is 17.6 Å². The molecule has 0 radical (unpaired) electrons. The summed E-state index contributed by atoms with van der Waals surface area (Å²) in [5.41, 5.74) is 6.29. The van der Waals surface area contributed by atoms with Crippen LogP contribution >= 0.6 is 0 Å². The molecular weight excluding hydrogens is 260 g/mol. The third-order valence-corrected chi connectivity index (χ3v) is 4.01. The van der Waals surface area contributed by atoms with Crippen LogP contribution in [0.2, 0.25) is 0 Å². The Morgan fingerprint density at radius 2 is 1.57 bits per heavy atom. The monoisotopic (exact) mass is 278 g/mol. The minimum absolute atomic E-state index is 0.902. The number of hydrogen-bond acceptors (Lipinski definition) is 1. The Morgan fingerprint density at radius 3 is 2.29 bits per heavy atom. The second kappa shape index (κ2) is 5.96. The van der Waals surface area contributed by atoms with Crippen LogP contribution in [0.1, 0.15) is 29.5 Å². The van der Waals surface area contributed by atoms with Crippen molar-refractivity contribution in [1.82, 2.24) is 0 Å². The van der Waals surface area contributed by atoms with Gasteiger partial charge in [0.05, 0.1) is 0 Å². The van der Waals surface area contributed by atoms with Crippen LogP contribution < -0.4 is 0 Å². The highest BCUT2D eigenvalue weighted by molar-refractivity contribution is 5.85. The van der Waals surface area contributed by atoms with Crippen LogP contribution in [0, 0.1) is 0 Å². The van der Waals surface area contributed by atoms with Gasteiger partial charge in [0, 0.05) is 6.08 Å². The highest BCUT2D eigenvalue weighted by atomic mass is 16.4. The van der Waals surface area contributed by atoms with Crippen molar-refractivity contribution in [3.05, 3.63) is 65.2 Å². The van der Waals surface area contributed by atoms with E-state index in [1.54, 1.807) is 6.08 Å². The molecule has 21 heavy (non-hydrogen) atoms. The summed E-state index contributed by atoms with van der Waals surface area (Å²) in [6.07, 6.45) is 7.75. The Kier molecular flexibility index (Phi) is 3.87. The van der Waals surface area contributed by atoms with Crippen LogP contribution in [0.25, 0.3) is 17.2 Å². The van der Waals surface area contributed by atoms with Gasteiger partial charge in [0.2, 0.25) is 0 Å². The lowest BCUT2D eigenvalue weighted by atomic mass is 9.89. The van der Waals surface area contributed by atoms with E-state index in [1.165, 1.54) is 47.9 Å². The fourth-order valence-electron chi connectivity index (χ4n) is 2.87. The number of hydrogen-bond donors (Lipinski definition) is 1. The number of aryl methyl sites for hydroxylation is 2. The maximum Gasteiger partial charge on any atom is 0.328 e. The van der Waals surface area contributed by atoms with Crippen molar-refractivity contribution in [2.75, 3.05) is 0 Å². The molecule has 0 heterocycles. The lowest BCUT2D eigenvalue weighted by Crippen LogP contribution is -2.02. The quantitative estimate of drug-likeness (QED) is 0.848. The van der Waals surface area contributed by atoms with Gasteiger partial charge in [-0.1, -0.05) is 42.5 Å². The van der Waals surface area contributed by atoms with Crippen molar-refractivity contribution in [3.63, 3.8) is 0 Å². The van der Waals surface area contributed by atoms with E-state index in [2.05, 4.69) is 18.2 Å². The molecule has 0 aromatic heterocycles. The molecule has 0 unspecified atom stereocenters. The molecule has 2 aromatic rings. The Labute approximate surface area is 124 Å². The summed E-state index contributed by atoms with van der Waals surface area (Å²) < 4.78 is 0. The molecule has 0 aliphatic heterocycles. The fourth-order valence-corrected chi connectivity index (χ4v) is 2.87. The number of carboxylic acids is 1. The van der Waals surface area contributed by atoms with E-state index in [9.17, 15) is 4.79 Å². The molecule has 2 nitrogen and oxygen atoms in total. The topological polar surface area (TPSA) is 37.3 Å². The lowest BCUT2D eigenvalue weighted by molar-refractivity contribution is -0.131. The summed E-state index contributed by atoms with van der Waals surface area (Å²) in [4.78, 5) is 10.5. The normalized spacial score (nSPS) is 14.1. The Morgan fingerprint density at radius 1 is 0.905 bits per heavy atom. The molecule has 3 rings (SSSR count). The van der Waals surface area contributed by atoms with Crippen molar-refractivity contribution in [1.29, 1.82) is 0 Å². The fraction of sp³-hybridized carbons (Fsp3) is 0.211. The Balaban J connectivity index is 1.85. The molecule has 0 atom stereocenters. The van der Waals surface area contributed by atoms with Gasteiger partial charge in [0.15, 0.2) is 0 Å². The van der Waals surface area contributed by atoms with E-state index in [4.69, 9.17) is 5.11 Å². The number of aliphatic carboxylic acids is 1. The van der Waals surface area contributed by atoms with E-state index in [-0.39, 0.29) is 0 Å². The average Bonchev–Trinajstić information content (AvgIpc) is 2.53. The van der Waals surface area contributed by atoms with Crippen molar-refractivity contribution in [2.45, 2.75) is 25.7 Å². The molecule has 0 spiro atoms. The van der Waals surface area contributed by atoms with Crippen molar-refractivity contribution >= 4 is 12.0 Å². The number of carbonyl (C=O) groups is 1. The van der Waals surface area contributed by atoms with Crippen LogP contribution in [0.5, 0.6) is 0 Å². The van der Waals surface area contributed by atoms with Gasteiger partial charge in [-0.05, 0) is 59.6 Å². The third-order valence-electron chi connectivity index (χ3n) is 4.01. The molecule has 1 N–H and O–H groups in total. The summed E-state index contributed by atoms with van der Waals surface area (Å²) >= 11 is 0. The number of carboxylic acid groups (broad SMARTS) is 1. The first-order valence-electron chi connectivity index (χ1n) is 7.35. The van der Waals surface area contributed by atoms with Gasteiger partial charge in [-0.3, -0.25) is 0 Å². The zero-order valence-corrected chi connectivity index (χ0v) is 11.9. The zero-order valence-electron chi connectivity index (χ0n) is 11.9. The molecule has 106 valence electrons. The van der Waals surface area contributed by atoms with E-state index < -0.39 is 5.97 Å². The van der Waals surface area contributed by atoms with Gasteiger partial charge >= 0.3 is 5.97 Å². The summed E-state index contributed by atoms with van der Waals surface area (Å²) in [6.45, 7) is 0. The average molecular weight is 278 g/mol. The Bertz CT molecular complexity index is 681. The van der Waals surface area contributed by atoms with Gasteiger partial charge < -0.3 is 5.11 Å². The van der Waals surface area contributed by atoms with Crippen molar-refractivity contribution in [3.8, 4) is 11.1 Å². The lowest BCUT2D eigenvalue weighted by Gasteiger charge is -2.16. The smallest absolute Gasteiger partial charge is 0.328 e. The van der Waals surface area contributed by atoms with Gasteiger partial charge in [-0.25, -0.2) is 4.79 Å². The van der Waals surface area contributed by atoms with Gasteiger partial charge in [-0.2, -0.15) is 0 Å². The predicted molar refractivity (Wildman–Crippen MR) is 85.2 cm³/mol. The molecule has 0 fully saturated rings. The first-order chi connectivity index (χ1) is 10.2. The number of fused-ring (bicyclic) bond motifs is 1. The van der Waals surface area contributed by atoms with E-state index in [0.717, 1.165) is 11.6 Å². The maximum atomic E-state index is 10.5. The summed E-state index contributed by atoms with van der Waals surface area (Å²) in [6, 6.07) is 14.7. The second-order valence-corrected chi connectivity index (χ2v) is 5.48.